The van der Waals surface area contributed by atoms with Crippen LogP contribution in [0.1, 0.15) is 60.5 Å². The van der Waals surface area contributed by atoms with E-state index in [9.17, 15) is 9.59 Å². The highest BCUT2D eigenvalue weighted by Gasteiger charge is 2.47. The lowest BCUT2D eigenvalue weighted by molar-refractivity contribution is -0.133. The van der Waals surface area contributed by atoms with Crippen molar-refractivity contribution in [3.05, 3.63) is 70.2 Å². The van der Waals surface area contributed by atoms with Crippen molar-refractivity contribution >= 4 is 23.4 Å². The molecule has 1 aliphatic carbocycles. The lowest BCUT2D eigenvalue weighted by Crippen LogP contribution is -2.63. The van der Waals surface area contributed by atoms with Crippen molar-refractivity contribution in [3.63, 3.8) is 0 Å². The molecule has 1 fully saturated rings. The fourth-order valence-electron chi connectivity index (χ4n) is 4.55. The van der Waals surface area contributed by atoms with Gasteiger partial charge in [-0.3, -0.25) is 9.59 Å². The Morgan fingerprint density at radius 3 is 2.55 bits per heavy atom. The summed E-state index contributed by atoms with van der Waals surface area (Å²) in [6.07, 6.45) is 6.04. The minimum absolute atomic E-state index is 0.0701. The highest BCUT2D eigenvalue weighted by molar-refractivity contribution is 6.31. The molecular formula is C24H27ClN2O2. The minimum Gasteiger partial charge on any atom is -0.351 e. The van der Waals surface area contributed by atoms with E-state index in [0.29, 0.717) is 23.6 Å². The number of nitrogens with one attached hydrogen (secondary N) is 1. The first-order valence-electron chi connectivity index (χ1n) is 10.4. The van der Waals surface area contributed by atoms with Gasteiger partial charge in [-0.15, -0.1) is 0 Å². The third-order valence-corrected chi connectivity index (χ3v) is 6.71. The summed E-state index contributed by atoms with van der Waals surface area (Å²) < 4.78 is 0. The summed E-state index contributed by atoms with van der Waals surface area (Å²) in [5.74, 6) is -0.188. The number of carbonyl (C=O) groups is 2. The Morgan fingerprint density at radius 2 is 1.79 bits per heavy atom. The molecule has 0 aromatic heterocycles. The Kier molecular flexibility index (Phi) is 5.64. The number of carbonyl (C=O) groups excluding carboxylic acids is 2. The van der Waals surface area contributed by atoms with E-state index in [0.717, 1.165) is 36.8 Å². The van der Waals surface area contributed by atoms with Gasteiger partial charge in [0.1, 0.15) is 5.54 Å². The number of benzene rings is 2. The first kappa shape index (κ1) is 20.0. The van der Waals surface area contributed by atoms with Crippen molar-refractivity contribution in [2.24, 2.45) is 0 Å². The molecule has 1 saturated carbocycles. The van der Waals surface area contributed by atoms with Crippen molar-refractivity contribution in [1.82, 2.24) is 10.2 Å². The van der Waals surface area contributed by atoms with Gasteiger partial charge in [-0.05, 0) is 43.0 Å². The molecule has 2 aliphatic rings. The molecule has 0 unspecified atom stereocenters. The molecule has 1 N–H and O–H groups in total. The molecule has 4 rings (SSSR count). The quantitative estimate of drug-likeness (QED) is 0.790. The van der Waals surface area contributed by atoms with E-state index in [2.05, 4.69) is 5.32 Å². The van der Waals surface area contributed by atoms with Gasteiger partial charge in [-0.25, -0.2) is 0 Å². The van der Waals surface area contributed by atoms with E-state index >= 15 is 0 Å². The SMILES string of the molecule is C[C@]1(C(=O)NC2CCCCC2)Cc2ccccc2C(=O)N1Cc1ccccc1Cl. The van der Waals surface area contributed by atoms with E-state index in [1.807, 2.05) is 55.5 Å². The van der Waals surface area contributed by atoms with Crippen LogP contribution in [-0.4, -0.2) is 28.3 Å². The Labute approximate surface area is 177 Å². The molecule has 2 aromatic rings. The van der Waals surface area contributed by atoms with Crippen LogP contribution in [0.3, 0.4) is 0 Å². The fourth-order valence-corrected chi connectivity index (χ4v) is 4.75. The zero-order chi connectivity index (χ0) is 20.4. The van der Waals surface area contributed by atoms with Crippen LogP contribution in [0.4, 0.5) is 0 Å². The molecule has 5 heteroatoms. The van der Waals surface area contributed by atoms with Gasteiger partial charge >= 0.3 is 0 Å². The molecule has 2 aromatic carbocycles. The van der Waals surface area contributed by atoms with Gasteiger partial charge in [-0.2, -0.15) is 0 Å². The smallest absolute Gasteiger partial charge is 0.255 e. The van der Waals surface area contributed by atoms with Gasteiger partial charge in [0.25, 0.3) is 5.91 Å². The van der Waals surface area contributed by atoms with Gasteiger partial charge in [0.15, 0.2) is 0 Å². The summed E-state index contributed by atoms with van der Waals surface area (Å²) in [6.45, 7) is 2.19. The number of hydrogen-bond donors (Lipinski definition) is 1. The minimum atomic E-state index is -0.956. The molecule has 0 spiro atoms. The van der Waals surface area contributed by atoms with Crippen molar-refractivity contribution in [2.75, 3.05) is 0 Å². The van der Waals surface area contributed by atoms with Crippen LogP contribution in [0.5, 0.6) is 0 Å². The summed E-state index contributed by atoms with van der Waals surface area (Å²) in [5, 5.41) is 3.85. The van der Waals surface area contributed by atoms with Crippen molar-refractivity contribution in [1.29, 1.82) is 0 Å². The number of hydrogen-bond acceptors (Lipinski definition) is 2. The van der Waals surface area contributed by atoms with Crippen molar-refractivity contribution < 1.29 is 9.59 Å². The fraction of sp³-hybridized carbons (Fsp3) is 0.417. The second kappa shape index (κ2) is 8.19. The van der Waals surface area contributed by atoms with E-state index < -0.39 is 5.54 Å². The van der Waals surface area contributed by atoms with Crippen molar-refractivity contribution in [2.45, 2.75) is 63.6 Å². The summed E-state index contributed by atoms with van der Waals surface area (Å²) in [7, 11) is 0. The van der Waals surface area contributed by atoms with Crippen LogP contribution < -0.4 is 5.32 Å². The van der Waals surface area contributed by atoms with Gasteiger partial charge in [0, 0.05) is 29.6 Å². The monoisotopic (exact) mass is 410 g/mol. The number of amides is 2. The van der Waals surface area contributed by atoms with E-state index in [1.165, 1.54) is 6.42 Å². The first-order chi connectivity index (χ1) is 14.0. The van der Waals surface area contributed by atoms with Crippen LogP contribution >= 0.6 is 11.6 Å². The first-order valence-corrected chi connectivity index (χ1v) is 10.8. The topological polar surface area (TPSA) is 49.4 Å². The third kappa shape index (κ3) is 3.91. The largest absolute Gasteiger partial charge is 0.351 e. The van der Waals surface area contributed by atoms with E-state index in [4.69, 9.17) is 11.6 Å². The summed E-state index contributed by atoms with van der Waals surface area (Å²) in [6, 6.07) is 15.3. The Balaban J connectivity index is 1.68. The average Bonchev–Trinajstić information content (AvgIpc) is 2.73. The number of rotatable bonds is 4. The number of nitrogens with zero attached hydrogens (tertiary/aromatic N) is 1. The Hall–Kier alpha value is -2.33. The molecule has 0 bridgehead atoms. The molecule has 29 heavy (non-hydrogen) atoms. The van der Waals surface area contributed by atoms with Crippen LogP contribution in [-0.2, 0) is 17.8 Å². The number of fused-ring (bicyclic) bond motifs is 1. The van der Waals surface area contributed by atoms with Gasteiger partial charge < -0.3 is 10.2 Å². The molecule has 0 saturated heterocycles. The predicted octanol–water partition coefficient (Wildman–Crippen LogP) is 4.75. The normalized spacial score (nSPS) is 22.3. The highest BCUT2D eigenvalue weighted by atomic mass is 35.5. The second-order valence-corrected chi connectivity index (χ2v) is 8.81. The van der Waals surface area contributed by atoms with Crippen LogP contribution in [0.2, 0.25) is 5.02 Å². The molecule has 1 atom stereocenters. The molecule has 152 valence electrons. The van der Waals surface area contributed by atoms with Gasteiger partial charge in [0.2, 0.25) is 5.91 Å². The summed E-state index contributed by atoms with van der Waals surface area (Å²) in [4.78, 5) is 28.6. The Morgan fingerprint density at radius 1 is 1.10 bits per heavy atom. The zero-order valence-corrected chi connectivity index (χ0v) is 17.5. The Bertz CT molecular complexity index is 923. The maximum Gasteiger partial charge on any atom is 0.255 e. The molecule has 0 radical (unpaired) electrons. The number of halogens is 1. The van der Waals surface area contributed by atoms with Gasteiger partial charge in [0.05, 0.1) is 0 Å². The molecule has 1 aliphatic heterocycles. The van der Waals surface area contributed by atoms with Crippen molar-refractivity contribution in [3.8, 4) is 0 Å². The molecule has 4 nitrogen and oxygen atoms in total. The highest BCUT2D eigenvalue weighted by Crippen LogP contribution is 2.34. The predicted molar refractivity (Wildman–Crippen MR) is 115 cm³/mol. The van der Waals surface area contributed by atoms with Crippen LogP contribution in [0.25, 0.3) is 0 Å². The lowest BCUT2D eigenvalue weighted by Gasteiger charge is -2.45. The lowest BCUT2D eigenvalue weighted by atomic mass is 9.82. The van der Waals surface area contributed by atoms with Crippen LogP contribution in [0.15, 0.2) is 48.5 Å². The maximum atomic E-state index is 13.5. The molecule has 2 amide bonds. The third-order valence-electron chi connectivity index (χ3n) is 6.34. The van der Waals surface area contributed by atoms with Crippen LogP contribution in [0, 0.1) is 0 Å². The summed E-state index contributed by atoms with van der Waals surface area (Å²) >= 11 is 6.38. The standard InChI is InChI=1S/C24H27ClN2O2/c1-24(23(29)26-19-11-3-2-4-12-19)15-17-9-5-7-13-20(17)22(28)27(24)16-18-10-6-8-14-21(18)25/h5-10,13-14,19H,2-4,11-12,15-16H2,1H3,(H,26,29)/t24-/m1/s1. The van der Waals surface area contributed by atoms with E-state index in [-0.39, 0.29) is 17.9 Å². The zero-order valence-electron chi connectivity index (χ0n) is 16.8. The maximum absolute atomic E-state index is 13.5. The summed E-state index contributed by atoms with van der Waals surface area (Å²) in [5.41, 5.74) is 1.48. The molecular weight excluding hydrogens is 384 g/mol. The second-order valence-electron chi connectivity index (χ2n) is 8.40. The average molecular weight is 411 g/mol. The van der Waals surface area contributed by atoms with Gasteiger partial charge in [-0.1, -0.05) is 67.3 Å². The van der Waals surface area contributed by atoms with E-state index in [1.54, 1.807) is 4.90 Å². The molecule has 1 heterocycles.